The van der Waals surface area contributed by atoms with E-state index in [9.17, 15) is 4.79 Å². The van der Waals surface area contributed by atoms with Gasteiger partial charge in [-0.05, 0) is 48.7 Å². The van der Waals surface area contributed by atoms with Gasteiger partial charge in [-0.1, -0.05) is 29.3 Å². The minimum absolute atomic E-state index is 0.202. The zero-order chi connectivity index (χ0) is 19.6. The van der Waals surface area contributed by atoms with Crippen molar-refractivity contribution in [2.24, 2.45) is 0 Å². The van der Waals surface area contributed by atoms with Crippen LogP contribution in [0.2, 0.25) is 10.0 Å². The number of carbonyl (C=O) groups excluding carboxylic acids is 1. The van der Waals surface area contributed by atoms with Crippen molar-refractivity contribution >= 4 is 70.0 Å². The molecule has 0 aliphatic rings. The molecule has 27 heavy (non-hydrogen) atoms. The maximum Gasteiger partial charge on any atom is 0.261 e. The number of amides is 1. The number of aromatic nitrogens is 3. The Morgan fingerprint density at radius 1 is 1.26 bits per heavy atom. The van der Waals surface area contributed by atoms with Crippen LogP contribution in [-0.2, 0) is 6.54 Å². The van der Waals surface area contributed by atoms with Gasteiger partial charge in [0.1, 0.15) is 5.03 Å². The largest absolute Gasteiger partial charge is 0.305 e. The molecule has 1 amide bonds. The molecule has 0 spiro atoms. The number of thioether (sulfide) groups is 2. The van der Waals surface area contributed by atoms with Crippen LogP contribution in [-0.4, -0.2) is 32.6 Å². The standard InChI is InChI=1S/C17H16Cl2N4OS3/c1-9-6-13(20-15(24)14-16(25-2)22-27-17(14)26-3)21-23(9)8-10-4-5-11(18)7-12(10)19/h4-7H,8H2,1-3H3,(H,20,21,24). The maximum atomic E-state index is 12.7. The molecule has 0 atom stereocenters. The third-order valence-electron chi connectivity index (χ3n) is 3.79. The van der Waals surface area contributed by atoms with E-state index in [1.807, 2.05) is 31.6 Å². The number of hydrogen-bond donors (Lipinski definition) is 1. The average molecular weight is 459 g/mol. The quantitative estimate of drug-likeness (QED) is 0.480. The molecule has 0 fully saturated rings. The fourth-order valence-electron chi connectivity index (χ4n) is 2.45. The number of nitrogens with zero attached hydrogens (tertiary/aromatic N) is 3. The van der Waals surface area contributed by atoms with E-state index in [1.165, 1.54) is 35.1 Å². The van der Waals surface area contributed by atoms with Gasteiger partial charge in [0.25, 0.3) is 5.91 Å². The smallest absolute Gasteiger partial charge is 0.261 e. The van der Waals surface area contributed by atoms with E-state index in [2.05, 4.69) is 14.8 Å². The van der Waals surface area contributed by atoms with Gasteiger partial charge in [0.2, 0.25) is 0 Å². The van der Waals surface area contributed by atoms with Gasteiger partial charge in [0.05, 0.1) is 16.3 Å². The van der Waals surface area contributed by atoms with Gasteiger partial charge in [0.15, 0.2) is 5.82 Å². The Morgan fingerprint density at radius 2 is 2.04 bits per heavy atom. The Hall–Kier alpha value is -1.19. The van der Waals surface area contributed by atoms with Crippen molar-refractivity contribution in [1.82, 2.24) is 14.2 Å². The van der Waals surface area contributed by atoms with Crippen molar-refractivity contribution in [3.63, 3.8) is 0 Å². The topological polar surface area (TPSA) is 59.8 Å². The number of halogens is 2. The monoisotopic (exact) mass is 458 g/mol. The molecule has 3 aromatic rings. The van der Waals surface area contributed by atoms with E-state index >= 15 is 0 Å². The fraction of sp³-hybridized carbons (Fsp3) is 0.235. The number of benzene rings is 1. The first-order valence-electron chi connectivity index (χ1n) is 7.80. The van der Waals surface area contributed by atoms with E-state index in [4.69, 9.17) is 23.2 Å². The summed E-state index contributed by atoms with van der Waals surface area (Å²) in [5.41, 5.74) is 2.42. The molecule has 0 radical (unpaired) electrons. The van der Waals surface area contributed by atoms with Crippen LogP contribution in [0, 0.1) is 6.92 Å². The van der Waals surface area contributed by atoms with Gasteiger partial charge in [-0.25, -0.2) is 0 Å². The Labute approximate surface area is 180 Å². The summed E-state index contributed by atoms with van der Waals surface area (Å²) < 4.78 is 7.02. The highest BCUT2D eigenvalue weighted by molar-refractivity contribution is 8.01. The second-order valence-corrected chi connectivity index (χ2v) is 9.06. The molecule has 3 rings (SSSR count). The summed E-state index contributed by atoms with van der Waals surface area (Å²) in [4.78, 5) is 12.7. The van der Waals surface area contributed by atoms with Crippen molar-refractivity contribution in [3.05, 3.63) is 51.1 Å². The van der Waals surface area contributed by atoms with Crippen molar-refractivity contribution in [1.29, 1.82) is 0 Å². The summed E-state index contributed by atoms with van der Waals surface area (Å²) in [5, 5.41) is 9.27. The Kier molecular flexibility index (Phi) is 6.75. The van der Waals surface area contributed by atoms with Crippen LogP contribution in [0.15, 0.2) is 33.5 Å². The van der Waals surface area contributed by atoms with E-state index in [1.54, 1.807) is 16.8 Å². The molecular weight excluding hydrogens is 443 g/mol. The molecule has 0 bridgehead atoms. The predicted octanol–water partition coefficient (Wildman–Crippen LogP) is 5.70. The highest BCUT2D eigenvalue weighted by Gasteiger charge is 2.21. The molecule has 1 N–H and O–H groups in total. The zero-order valence-corrected chi connectivity index (χ0v) is 18.7. The van der Waals surface area contributed by atoms with Gasteiger partial charge in [-0.2, -0.15) is 9.47 Å². The SMILES string of the molecule is CSc1nsc(SC)c1C(=O)Nc1cc(C)n(Cc2ccc(Cl)cc2Cl)n1. The molecule has 0 unspecified atom stereocenters. The Morgan fingerprint density at radius 3 is 2.70 bits per heavy atom. The number of aryl methyl sites for hydroxylation is 1. The molecule has 2 heterocycles. The molecule has 5 nitrogen and oxygen atoms in total. The molecule has 0 aliphatic heterocycles. The predicted molar refractivity (Wildman–Crippen MR) is 116 cm³/mol. The van der Waals surface area contributed by atoms with Crippen molar-refractivity contribution < 1.29 is 4.79 Å². The molecule has 0 aliphatic carbocycles. The lowest BCUT2D eigenvalue weighted by atomic mass is 10.2. The molecule has 2 aromatic heterocycles. The number of nitrogens with one attached hydrogen (secondary N) is 1. The molecule has 10 heteroatoms. The second kappa shape index (κ2) is 8.87. The minimum atomic E-state index is -0.202. The number of rotatable bonds is 6. The fourth-order valence-corrected chi connectivity index (χ4v) is 5.20. The first-order chi connectivity index (χ1) is 12.9. The highest BCUT2D eigenvalue weighted by Crippen LogP contribution is 2.33. The van der Waals surface area contributed by atoms with E-state index in [-0.39, 0.29) is 5.91 Å². The van der Waals surface area contributed by atoms with E-state index in [0.717, 1.165) is 20.5 Å². The molecule has 0 saturated heterocycles. The highest BCUT2D eigenvalue weighted by atomic mass is 35.5. The van der Waals surface area contributed by atoms with Crippen molar-refractivity contribution in [2.45, 2.75) is 22.7 Å². The van der Waals surface area contributed by atoms with Gasteiger partial charge < -0.3 is 5.32 Å². The van der Waals surface area contributed by atoms with Gasteiger partial charge in [-0.15, -0.1) is 23.5 Å². The van der Waals surface area contributed by atoms with Crippen LogP contribution in [0.25, 0.3) is 0 Å². The average Bonchev–Trinajstić information content (AvgIpc) is 3.20. The number of anilines is 1. The maximum absolute atomic E-state index is 12.7. The molecule has 142 valence electrons. The number of carbonyl (C=O) groups is 1. The second-order valence-electron chi connectivity index (χ2n) is 5.58. The summed E-state index contributed by atoms with van der Waals surface area (Å²) in [6.45, 7) is 2.42. The Bertz CT molecular complexity index is 965. The van der Waals surface area contributed by atoms with Gasteiger partial charge in [0, 0.05) is 21.8 Å². The van der Waals surface area contributed by atoms with Crippen LogP contribution < -0.4 is 5.32 Å². The molecular formula is C17H16Cl2N4OS3. The summed E-state index contributed by atoms with van der Waals surface area (Å²) in [6, 6.07) is 7.20. The minimum Gasteiger partial charge on any atom is -0.305 e. The summed E-state index contributed by atoms with van der Waals surface area (Å²) in [7, 11) is 0. The Balaban J connectivity index is 1.80. The van der Waals surface area contributed by atoms with E-state index in [0.29, 0.717) is 28.0 Å². The summed E-state index contributed by atoms with van der Waals surface area (Å²) in [5.74, 6) is 0.291. The van der Waals surface area contributed by atoms with Crippen LogP contribution in [0.4, 0.5) is 5.82 Å². The van der Waals surface area contributed by atoms with Crippen molar-refractivity contribution in [3.8, 4) is 0 Å². The normalized spacial score (nSPS) is 11.0. The first kappa shape index (κ1) is 20.5. The first-order valence-corrected chi connectivity index (χ1v) is 11.8. The zero-order valence-electron chi connectivity index (χ0n) is 14.7. The third-order valence-corrected chi connectivity index (χ3v) is 7.12. The van der Waals surface area contributed by atoms with Crippen LogP contribution in [0.1, 0.15) is 21.6 Å². The summed E-state index contributed by atoms with van der Waals surface area (Å²) in [6.07, 6.45) is 3.84. The third kappa shape index (κ3) is 4.63. The van der Waals surface area contributed by atoms with E-state index < -0.39 is 0 Å². The molecule has 0 saturated carbocycles. The summed E-state index contributed by atoms with van der Waals surface area (Å²) >= 11 is 16.5. The lowest BCUT2D eigenvalue weighted by Crippen LogP contribution is -2.14. The van der Waals surface area contributed by atoms with Gasteiger partial charge in [-0.3, -0.25) is 9.48 Å². The van der Waals surface area contributed by atoms with Crippen molar-refractivity contribution in [2.75, 3.05) is 17.8 Å². The number of hydrogen-bond acceptors (Lipinski definition) is 6. The lowest BCUT2D eigenvalue weighted by Gasteiger charge is -2.07. The molecule has 1 aromatic carbocycles. The lowest BCUT2D eigenvalue weighted by molar-refractivity contribution is 0.102. The van der Waals surface area contributed by atoms with Crippen LogP contribution in [0.5, 0.6) is 0 Å². The van der Waals surface area contributed by atoms with Crippen LogP contribution in [0.3, 0.4) is 0 Å². The van der Waals surface area contributed by atoms with Gasteiger partial charge >= 0.3 is 0 Å². The van der Waals surface area contributed by atoms with Crippen LogP contribution >= 0.6 is 58.3 Å².